The van der Waals surface area contributed by atoms with Crippen LogP contribution in [0.15, 0.2) is 53.9 Å². The summed E-state index contributed by atoms with van der Waals surface area (Å²) in [6.07, 6.45) is 0.240. The highest BCUT2D eigenvalue weighted by atomic mass is 35.5. The van der Waals surface area contributed by atoms with Gasteiger partial charge in [0.25, 0.3) is 0 Å². The van der Waals surface area contributed by atoms with Gasteiger partial charge in [-0.15, -0.1) is 11.3 Å². The van der Waals surface area contributed by atoms with E-state index in [1.165, 1.54) is 11.3 Å². The van der Waals surface area contributed by atoms with Crippen molar-refractivity contribution in [2.24, 2.45) is 0 Å². The molecule has 1 heterocycles. The molecule has 1 N–H and O–H groups in total. The van der Waals surface area contributed by atoms with Gasteiger partial charge in [0, 0.05) is 21.5 Å². The van der Waals surface area contributed by atoms with Gasteiger partial charge in [-0.3, -0.25) is 4.79 Å². The molecular weight excluding hydrogens is 368 g/mol. The zero-order valence-electron chi connectivity index (χ0n) is 14.5. The molecule has 6 heteroatoms. The molecule has 3 aromatic rings. The summed E-state index contributed by atoms with van der Waals surface area (Å²) in [6, 6.07) is 15.0. The second-order valence-electron chi connectivity index (χ2n) is 5.86. The van der Waals surface area contributed by atoms with E-state index in [0.717, 1.165) is 27.6 Å². The predicted octanol–water partition coefficient (Wildman–Crippen LogP) is 4.89. The number of ether oxygens (including phenoxy) is 1. The normalized spacial score (nSPS) is 11.8. The molecule has 0 aliphatic rings. The number of amides is 1. The maximum atomic E-state index is 12.4. The second-order valence-corrected chi connectivity index (χ2v) is 7.15. The van der Waals surface area contributed by atoms with E-state index >= 15 is 0 Å². The molecule has 1 amide bonds. The first-order valence-corrected chi connectivity index (χ1v) is 9.45. The molecule has 0 fully saturated rings. The Morgan fingerprint density at radius 1 is 1.23 bits per heavy atom. The molecule has 0 aliphatic heterocycles. The molecule has 0 saturated carbocycles. The smallest absolute Gasteiger partial charge is 0.226 e. The van der Waals surface area contributed by atoms with Gasteiger partial charge in [-0.25, -0.2) is 4.98 Å². The number of nitrogens with zero attached hydrogens (tertiary/aromatic N) is 1. The predicted molar refractivity (Wildman–Crippen MR) is 106 cm³/mol. The molecule has 0 saturated heterocycles. The Labute approximate surface area is 161 Å². The molecule has 134 valence electrons. The summed E-state index contributed by atoms with van der Waals surface area (Å²) in [5.41, 5.74) is 2.70. The lowest BCUT2D eigenvalue weighted by Crippen LogP contribution is -2.28. The van der Waals surface area contributed by atoms with Crippen molar-refractivity contribution >= 4 is 28.8 Å². The number of hydrogen-bond acceptors (Lipinski definition) is 4. The molecule has 1 aromatic heterocycles. The van der Waals surface area contributed by atoms with Crippen LogP contribution in [0.4, 0.5) is 0 Å². The van der Waals surface area contributed by atoms with Crippen molar-refractivity contribution in [3.05, 3.63) is 70.2 Å². The summed E-state index contributed by atoms with van der Waals surface area (Å²) in [5, 5.41) is 6.49. The van der Waals surface area contributed by atoms with Gasteiger partial charge in [0.05, 0.1) is 25.3 Å². The van der Waals surface area contributed by atoms with Crippen molar-refractivity contribution in [1.29, 1.82) is 0 Å². The summed E-state index contributed by atoms with van der Waals surface area (Å²) < 4.78 is 5.36. The van der Waals surface area contributed by atoms with Crippen LogP contribution in [0.1, 0.15) is 24.2 Å². The van der Waals surface area contributed by atoms with Gasteiger partial charge in [-0.1, -0.05) is 41.9 Å². The van der Waals surface area contributed by atoms with Crippen molar-refractivity contribution in [3.63, 3.8) is 0 Å². The summed E-state index contributed by atoms with van der Waals surface area (Å²) in [4.78, 5) is 16.9. The summed E-state index contributed by atoms with van der Waals surface area (Å²) in [7, 11) is 1.63. The van der Waals surface area contributed by atoms with Crippen LogP contribution in [0, 0.1) is 0 Å². The van der Waals surface area contributed by atoms with E-state index in [0.29, 0.717) is 5.02 Å². The molecule has 1 unspecified atom stereocenters. The number of thiazole rings is 1. The minimum atomic E-state index is -0.145. The lowest BCUT2D eigenvalue weighted by molar-refractivity contribution is -0.121. The Morgan fingerprint density at radius 3 is 2.69 bits per heavy atom. The van der Waals surface area contributed by atoms with E-state index in [1.54, 1.807) is 7.11 Å². The molecular formula is C20H19ClN2O2S. The van der Waals surface area contributed by atoms with Crippen LogP contribution in [-0.2, 0) is 11.2 Å². The first-order valence-electron chi connectivity index (χ1n) is 8.19. The van der Waals surface area contributed by atoms with Gasteiger partial charge in [-0.2, -0.15) is 0 Å². The Hall–Kier alpha value is -2.37. The molecule has 2 aromatic carbocycles. The molecule has 0 aliphatic carbocycles. The molecule has 0 radical (unpaired) electrons. The zero-order chi connectivity index (χ0) is 18.5. The summed E-state index contributed by atoms with van der Waals surface area (Å²) >= 11 is 7.43. The Balaban J connectivity index is 1.64. The van der Waals surface area contributed by atoms with Crippen LogP contribution >= 0.6 is 22.9 Å². The van der Waals surface area contributed by atoms with Crippen molar-refractivity contribution < 1.29 is 9.53 Å². The highest BCUT2D eigenvalue weighted by Gasteiger charge is 2.15. The molecule has 1 atom stereocenters. The van der Waals surface area contributed by atoms with Crippen molar-refractivity contribution in [2.45, 2.75) is 19.4 Å². The van der Waals surface area contributed by atoms with E-state index in [2.05, 4.69) is 10.3 Å². The van der Waals surface area contributed by atoms with E-state index in [1.807, 2.05) is 60.8 Å². The van der Waals surface area contributed by atoms with E-state index in [-0.39, 0.29) is 18.4 Å². The summed E-state index contributed by atoms with van der Waals surface area (Å²) in [5.74, 6) is 0.690. The molecule has 4 nitrogen and oxygen atoms in total. The number of para-hydroxylation sites is 1. The maximum Gasteiger partial charge on any atom is 0.226 e. The molecule has 0 bridgehead atoms. The second kappa shape index (κ2) is 8.34. The summed E-state index contributed by atoms with van der Waals surface area (Å²) in [6.45, 7) is 1.94. The Kier molecular flexibility index (Phi) is 5.91. The largest absolute Gasteiger partial charge is 0.496 e. The lowest BCUT2D eigenvalue weighted by atomic mass is 10.1. The number of methoxy groups -OCH3 is 1. The fourth-order valence-electron chi connectivity index (χ4n) is 2.67. The van der Waals surface area contributed by atoms with Gasteiger partial charge in [0.1, 0.15) is 10.8 Å². The number of halogens is 1. The van der Waals surface area contributed by atoms with Crippen molar-refractivity contribution in [3.8, 4) is 16.3 Å². The van der Waals surface area contributed by atoms with Crippen molar-refractivity contribution in [2.75, 3.05) is 7.11 Å². The van der Waals surface area contributed by atoms with Gasteiger partial charge >= 0.3 is 0 Å². The quantitative estimate of drug-likeness (QED) is 0.656. The fraction of sp³-hybridized carbons (Fsp3) is 0.200. The number of carbonyl (C=O) groups is 1. The molecule has 3 rings (SSSR count). The van der Waals surface area contributed by atoms with Gasteiger partial charge in [0.15, 0.2) is 0 Å². The van der Waals surface area contributed by atoms with E-state index < -0.39 is 0 Å². The van der Waals surface area contributed by atoms with Crippen LogP contribution in [0.25, 0.3) is 10.6 Å². The average molecular weight is 387 g/mol. The third-order valence-electron chi connectivity index (χ3n) is 3.97. The van der Waals surface area contributed by atoms with E-state index in [9.17, 15) is 4.79 Å². The number of hydrogen-bond donors (Lipinski definition) is 1. The Morgan fingerprint density at radius 2 is 1.96 bits per heavy atom. The first kappa shape index (κ1) is 18.4. The number of benzene rings is 2. The van der Waals surface area contributed by atoms with Gasteiger partial charge < -0.3 is 10.1 Å². The molecule has 0 spiro atoms. The third-order valence-corrected chi connectivity index (χ3v) is 5.16. The van der Waals surface area contributed by atoms with Crippen LogP contribution in [-0.4, -0.2) is 18.0 Å². The minimum Gasteiger partial charge on any atom is -0.496 e. The minimum absolute atomic E-state index is 0.0728. The number of aromatic nitrogens is 1. The third kappa shape index (κ3) is 4.42. The zero-order valence-corrected chi connectivity index (χ0v) is 16.1. The van der Waals surface area contributed by atoms with Crippen LogP contribution in [0.3, 0.4) is 0 Å². The van der Waals surface area contributed by atoms with Crippen LogP contribution in [0.2, 0.25) is 5.02 Å². The van der Waals surface area contributed by atoms with Gasteiger partial charge in [-0.05, 0) is 25.1 Å². The Bertz CT molecular complexity index is 893. The van der Waals surface area contributed by atoms with E-state index in [4.69, 9.17) is 16.3 Å². The molecule has 26 heavy (non-hydrogen) atoms. The first-order chi connectivity index (χ1) is 12.6. The average Bonchev–Trinajstić information content (AvgIpc) is 3.10. The fourth-order valence-corrected chi connectivity index (χ4v) is 3.62. The highest BCUT2D eigenvalue weighted by molar-refractivity contribution is 7.13. The highest BCUT2D eigenvalue weighted by Crippen LogP contribution is 2.26. The van der Waals surface area contributed by atoms with Gasteiger partial charge in [0.2, 0.25) is 5.91 Å². The lowest BCUT2D eigenvalue weighted by Gasteiger charge is -2.17. The van der Waals surface area contributed by atoms with Crippen LogP contribution in [0.5, 0.6) is 5.75 Å². The standard InChI is InChI=1S/C20H19ClN2O2S/c1-13(17-5-3-4-6-18(17)25-2)22-19(24)11-16-12-26-20(23-16)14-7-9-15(21)10-8-14/h3-10,12-13H,11H2,1-2H3,(H,22,24). The van der Waals surface area contributed by atoms with Crippen molar-refractivity contribution in [1.82, 2.24) is 10.3 Å². The topological polar surface area (TPSA) is 51.2 Å². The maximum absolute atomic E-state index is 12.4. The number of rotatable bonds is 6. The number of carbonyl (C=O) groups excluding carboxylic acids is 1. The monoisotopic (exact) mass is 386 g/mol. The number of nitrogens with one attached hydrogen (secondary N) is 1. The SMILES string of the molecule is COc1ccccc1C(C)NC(=O)Cc1csc(-c2ccc(Cl)cc2)n1. The van der Waals surface area contributed by atoms with Crippen LogP contribution < -0.4 is 10.1 Å².